The Hall–Kier alpha value is -1.55. The molecule has 0 amide bonds. The number of ether oxygens (including phenoxy) is 2. The minimum Gasteiger partial charge on any atom is -0.497 e. The van der Waals surface area contributed by atoms with Gasteiger partial charge in [-0.1, -0.05) is 0 Å². The number of carbonyl (C=O) groups excluding carboxylic acids is 1. The van der Waals surface area contributed by atoms with Crippen molar-refractivity contribution in [2.45, 2.75) is 25.8 Å². The highest BCUT2D eigenvalue weighted by Gasteiger charge is 2.13. The number of Topliss-reactive ketones (excluding diaryl/α,β-unsaturated/α-hetero) is 1. The van der Waals surface area contributed by atoms with E-state index in [0.29, 0.717) is 29.9 Å². The first-order valence-corrected chi connectivity index (χ1v) is 5.59. The Balaban J connectivity index is 2.89. The van der Waals surface area contributed by atoms with Gasteiger partial charge in [-0.25, -0.2) is 0 Å². The summed E-state index contributed by atoms with van der Waals surface area (Å²) in [5.41, 5.74) is 6.19. The predicted molar refractivity (Wildman–Crippen MR) is 66.8 cm³/mol. The van der Waals surface area contributed by atoms with Crippen LogP contribution in [0, 0.1) is 0 Å². The molecule has 0 fully saturated rings. The van der Waals surface area contributed by atoms with Crippen molar-refractivity contribution in [3.63, 3.8) is 0 Å². The van der Waals surface area contributed by atoms with Crippen LogP contribution in [0.5, 0.6) is 11.5 Å². The Kier molecular flexibility index (Phi) is 4.97. The average molecular weight is 237 g/mol. The summed E-state index contributed by atoms with van der Waals surface area (Å²) in [6.45, 7) is 1.89. The van der Waals surface area contributed by atoms with Gasteiger partial charge in [0.2, 0.25) is 0 Å². The normalized spacial score (nSPS) is 12.0. The molecule has 94 valence electrons. The second-order valence-corrected chi connectivity index (χ2v) is 4.01. The molecule has 0 radical (unpaired) electrons. The van der Waals surface area contributed by atoms with Crippen LogP contribution in [0.25, 0.3) is 0 Å². The summed E-state index contributed by atoms with van der Waals surface area (Å²) < 4.78 is 10.3. The lowest BCUT2D eigenvalue weighted by Crippen LogP contribution is -2.16. The predicted octanol–water partition coefficient (Wildman–Crippen LogP) is 2.01. The topological polar surface area (TPSA) is 61.5 Å². The smallest absolute Gasteiger partial charge is 0.166 e. The molecule has 1 unspecified atom stereocenters. The lowest BCUT2D eigenvalue weighted by molar-refractivity contribution is 0.0974. The van der Waals surface area contributed by atoms with Crippen LogP contribution in [0.2, 0.25) is 0 Å². The highest BCUT2D eigenvalue weighted by molar-refractivity contribution is 5.99. The Morgan fingerprint density at radius 2 is 2.06 bits per heavy atom. The highest BCUT2D eigenvalue weighted by atomic mass is 16.5. The lowest BCUT2D eigenvalue weighted by Gasteiger charge is -2.10. The standard InChI is InChI=1S/C13H19NO3/c1-9(14)4-6-12(15)11-8-10(16-2)5-7-13(11)17-3/h5,7-9H,4,6,14H2,1-3H3. The number of rotatable bonds is 6. The van der Waals surface area contributed by atoms with Crippen molar-refractivity contribution in [3.05, 3.63) is 23.8 Å². The fourth-order valence-electron chi connectivity index (χ4n) is 1.53. The van der Waals surface area contributed by atoms with Crippen LogP contribution in [-0.4, -0.2) is 26.0 Å². The lowest BCUT2D eigenvalue weighted by atomic mass is 10.0. The van der Waals surface area contributed by atoms with Gasteiger partial charge in [0.1, 0.15) is 11.5 Å². The first kappa shape index (κ1) is 13.5. The molecule has 1 atom stereocenters. The monoisotopic (exact) mass is 237 g/mol. The van der Waals surface area contributed by atoms with E-state index >= 15 is 0 Å². The summed E-state index contributed by atoms with van der Waals surface area (Å²) in [5, 5.41) is 0. The van der Waals surface area contributed by atoms with Crippen LogP contribution in [0.1, 0.15) is 30.1 Å². The maximum absolute atomic E-state index is 12.0. The molecule has 4 nitrogen and oxygen atoms in total. The number of ketones is 1. The Labute approximate surface area is 102 Å². The third-order valence-electron chi connectivity index (χ3n) is 2.53. The fraction of sp³-hybridized carbons (Fsp3) is 0.462. The van der Waals surface area contributed by atoms with E-state index in [9.17, 15) is 4.79 Å². The molecule has 0 aliphatic carbocycles. The SMILES string of the molecule is COc1ccc(OC)c(C(=O)CCC(C)N)c1. The molecule has 0 aliphatic rings. The van der Waals surface area contributed by atoms with Crippen LogP contribution < -0.4 is 15.2 Å². The summed E-state index contributed by atoms with van der Waals surface area (Å²) in [7, 11) is 3.11. The second-order valence-electron chi connectivity index (χ2n) is 4.01. The van der Waals surface area contributed by atoms with Gasteiger partial charge >= 0.3 is 0 Å². The van der Waals surface area contributed by atoms with Gasteiger partial charge in [-0.2, -0.15) is 0 Å². The molecule has 0 aliphatic heterocycles. The van der Waals surface area contributed by atoms with E-state index in [-0.39, 0.29) is 11.8 Å². The van der Waals surface area contributed by atoms with Gasteiger partial charge in [-0.05, 0) is 31.5 Å². The van der Waals surface area contributed by atoms with Crippen molar-refractivity contribution < 1.29 is 14.3 Å². The molecule has 2 N–H and O–H groups in total. The van der Waals surface area contributed by atoms with E-state index in [1.807, 2.05) is 6.92 Å². The summed E-state index contributed by atoms with van der Waals surface area (Å²) >= 11 is 0. The maximum atomic E-state index is 12.0. The molecular weight excluding hydrogens is 218 g/mol. The van der Waals surface area contributed by atoms with E-state index in [4.69, 9.17) is 15.2 Å². The highest BCUT2D eigenvalue weighted by Crippen LogP contribution is 2.25. The fourth-order valence-corrected chi connectivity index (χ4v) is 1.53. The molecule has 0 bridgehead atoms. The quantitative estimate of drug-likeness (QED) is 0.769. The van der Waals surface area contributed by atoms with Gasteiger partial charge in [-0.3, -0.25) is 4.79 Å². The Morgan fingerprint density at radius 1 is 1.35 bits per heavy atom. The summed E-state index contributed by atoms with van der Waals surface area (Å²) in [5.74, 6) is 1.24. The van der Waals surface area contributed by atoms with Gasteiger partial charge in [-0.15, -0.1) is 0 Å². The Bertz CT molecular complexity index is 388. The molecule has 0 aromatic heterocycles. The number of hydrogen-bond acceptors (Lipinski definition) is 4. The molecule has 17 heavy (non-hydrogen) atoms. The van der Waals surface area contributed by atoms with Crippen LogP contribution in [-0.2, 0) is 0 Å². The second kappa shape index (κ2) is 6.25. The zero-order valence-electron chi connectivity index (χ0n) is 10.5. The van der Waals surface area contributed by atoms with Crippen molar-refractivity contribution in [1.82, 2.24) is 0 Å². The summed E-state index contributed by atoms with van der Waals surface area (Å²) in [4.78, 5) is 12.0. The van der Waals surface area contributed by atoms with Crippen LogP contribution in [0.3, 0.4) is 0 Å². The van der Waals surface area contributed by atoms with Crippen molar-refractivity contribution in [2.75, 3.05) is 14.2 Å². The summed E-state index contributed by atoms with van der Waals surface area (Å²) in [6.07, 6.45) is 1.08. The van der Waals surface area contributed by atoms with Crippen LogP contribution in [0.4, 0.5) is 0 Å². The van der Waals surface area contributed by atoms with Crippen molar-refractivity contribution in [3.8, 4) is 11.5 Å². The molecular formula is C13H19NO3. The molecule has 1 aromatic carbocycles. The minimum atomic E-state index is 0.0237. The molecule has 0 saturated carbocycles. The van der Waals surface area contributed by atoms with E-state index in [1.165, 1.54) is 0 Å². The first-order chi connectivity index (χ1) is 8.08. The van der Waals surface area contributed by atoms with Gasteiger partial charge < -0.3 is 15.2 Å². The number of nitrogens with two attached hydrogens (primary N) is 1. The number of hydrogen-bond donors (Lipinski definition) is 1. The van der Waals surface area contributed by atoms with Crippen molar-refractivity contribution in [1.29, 1.82) is 0 Å². The Morgan fingerprint density at radius 3 is 2.59 bits per heavy atom. The number of carbonyl (C=O) groups is 1. The van der Waals surface area contributed by atoms with Gasteiger partial charge in [0, 0.05) is 12.5 Å². The van der Waals surface area contributed by atoms with Crippen LogP contribution in [0.15, 0.2) is 18.2 Å². The maximum Gasteiger partial charge on any atom is 0.166 e. The first-order valence-electron chi connectivity index (χ1n) is 5.59. The largest absolute Gasteiger partial charge is 0.497 e. The van der Waals surface area contributed by atoms with Crippen molar-refractivity contribution >= 4 is 5.78 Å². The third kappa shape index (κ3) is 3.75. The number of benzene rings is 1. The molecule has 4 heteroatoms. The molecule has 1 rings (SSSR count). The van der Waals surface area contributed by atoms with Gasteiger partial charge in [0.05, 0.1) is 19.8 Å². The van der Waals surface area contributed by atoms with E-state index < -0.39 is 0 Å². The molecule has 0 spiro atoms. The van der Waals surface area contributed by atoms with Gasteiger partial charge in [0.15, 0.2) is 5.78 Å². The molecule has 1 aromatic rings. The van der Waals surface area contributed by atoms with E-state index in [1.54, 1.807) is 32.4 Å². The average Bonchev–Trinajstić information content (AvgIpc) is 2.34. The molecule has 0 heterocycles. The third-order valence-corrected chi connectivity index (χ3v) is 2.53. The number of methoxy groups -OCH3 is 2. The van der Waals surface area contributed by atoms with E-state index in [2.05, 4.69) is 0 Å². The zero-order valence-corrected chi connectivity index (χ0v) is 10.5. The van der Waals surface area contributed by atoms with Gasteiger partial charge in [0.25, 0.3) is 0 Å². The van der Waals surface area contributed by atoms with Crippen LogP contribution >= 0.6 is 0 Å². The molecule has 0 saturated heterocycles. The zero-order chi connectivity index (χ0) is 12.8. The minimum absolute atomic E-state index is 0.0237. The van der Waals surface area contributed by atoms with Crippen molar-refractivity contribution in [2.24, 2.45) is 5.73 Å². The summed E-state index contributed by atoms with van der Waals surface area (Å²) in [6, 6.07) is 5.22. The van der Waals surface area contributed by atoms with E-state index in [0.717, 1.165) is 0 Å².